The lowest BCUT2D eigenvalue weighted by atomic mass is 10.00. The Balaban J connectivity index is 0.00000242. The van der Waals surface area contributed by atoms with Gasteiger partial charge in [-0.1, -0.05) is 24.6 Å². The van der Waals surface area contributed by atoms with Crippen LogP contribution in [-0.2, 0) is 4.79 Å². The van der Waals surface area contributed by atoms with Gasteiger partial charge in [-0.05, 0) is 44.2 Å². The molecule has 0 aliphatic heterocycles. The number of ether oxygens (including phenoxy) is 1. The second kappa shape index (κ2) is 9.01. The Morgan fingerprint density at radius 3 is 2.77 bits per heavy atom. The van der Waals surface area contributed by atoms with Crippen molar-refractivity contribution in [3.05, 3.63) is 29.8 Å². The van der Waals surface area contributed by atoms with Gasteiger partial charge < -0.3 is 15.8 Å². The molecule has 3 N–H and O–H groups in total. The minimum absolute atomic E-state index is 0. The Labute approximate surface area is 139 Å². The third kappa shape index (κ3) is 5.50. The fraction of sp³-hybridized carbons (Fsp3) is 0.588. The van der Waals surface area contributed by atoms with Crippen molar-refractivity contribution in [2.45, 2.75) is 51.7 Å². The first kappa shape index (κ1) is 18.8. The van der Waals surface area contributed by atoms with Gasteiger partial charge >= 0.3 is 0 Å². The minimum atomic E-state index is -0.0488. The van der Waals surface area contributed by atoms with Crippen molar-refractivity contribution >= 4 is 18.3 Å². The lowest BCUT2D eigenvalue weighted by molar-refractivity contribution is -0.122. The third-order valence-corrected chi connectivity index (χ3v) is 4.17. The number of aryl methyl sites for hydroxylation is 1. The summed E-state index contributed by atoms with van der Waals surface area (Å²) in [6.07, 6.45) is 3.76. The van der Waals surface area contributed by atoms with Crippen molar-refractivity contribution in [3.8, 4) is 5.75 Å². The summed E-state index contributed by atoms with van der Waals surface area (Å²) in [6.45, 7) is 4.51. The van der Waals surface area contributed by atoms with Gasteiger partial charge in [0.25, 0.3) is 0 Å². The fourth-order valence-electron chi connectivity index (χ4n) is 2.83. The van der Waals surface area contributed by atoms with Crippen molar-refractivity contribution in [2.75, 3.05) is 6.54 Å². The molecule has 1 aliphatic rings. The Bertz CT molecular complexity index is 481. The molecule has 1 aromatic rings. The Kier molecular flexibility index (Phi) is 7.69. The third-order valence-electron chi connectivity index (χ3n) is 4.17. The van der Waals surface area contributed by atoms with E-state index in [1.165, 1.54) is 0 Å². The summed E-state index contributed by atoms with van der Waals surface area (Å²) in [4.78, 5) is 11.9. The van der Waals surface area contributed by atoms with E-state index in [1.54, 1.807) is 0 Å². The fourth-order valence-corrected chi connectivity index (χ4v) is 2.83. The predicted molar refractivity (Wildman–Crippen MR) is 91.5 cm³/mol. The van der Waals surface area contributed by atoms with Crippen LogP contribution in [0.15, 0.2) is 24.3 Å². The first-order chi connectivity index (χ1) is 10.1. The molecule has 0 heterocycles. The van der Waals surface area contributed by atoms with Crippen molar-refractivity contribution in [2.24, 2.45) is 11.7 Å². The second-order valence-corrected chi connectivity index (χ2v) is 6.06. The molecule has 0 bridgehead atoms. The van der Waals surface area contributed by atoms with E-state index in [0.717, 1.165) is 30.6 Å². The molecule has 1 fully saturated rings. The van der Waals surface area contributed by atoms with E-state index in [-0.39, 0.29) is 30.5 Å². The van der Waals surface area contributed by atoms with E-state index in [1.807, 2.05) is 38.1 Å². The molecule has 4 nitrogen and oxygen atoms in total. The van der Waals surface area contributed by atoms with Gasteiger partial charge in [-0.2, -0.15) is 0 Å². The topological polar surface area (TPSA) is 64.3 Å². The number of hydrogen-bond acceptors (Lipinski definition) is 3. The molecule has 2 rings (SSSR count). The first-order valence-electron chi connectivity index (χ1n) is 7.81. The largest absolute Gasteiger partial charge is 0.489 e. The summed E-state index contributed by atoms with van der Waals surface area (Å²) in [5.74, 6) is 1.30. The number of carbonyl (C=O) groups excluding carboxylic acids is 1. The molecule has 1 saturated carbocycles. The maximum atomic E-state index is 11.9. The smallest absolute Gasteiger partial charge is 0.220 e. The maximum absolute atomic E-state index is 11.9. The molecule has 124 valence electrons. The summed E-state index contributed by atoms with van der Waals surface area (Å²) >= 11 is 0. The number of para-hydroxylation sites is 1. The number of benzene rings is 1. The summed E-state index contributed by atoms with van der Waals surface area (Å²) < 4.78 is 5.85. The van der Waals surface area contributed by atoms with Crippen LogP contribution in [0.25, 0.3) is 0 Å². The molecule has 5 heteroatoms. The molecule has 22 heavy (non-hydrogen) atoms. The molecule has 0 spiro atoms. The van der Waals surface area contributed by atoms with Crippen LogP contribution in [0.4, 0.5) is 0 Å². The molecule has 0 saturated heterocycles. The monoisotopic (exact) mass is 326 g/mol. The van der Waals surface area contributed by atoms with E-state index in [9.17, 15) is 4.79 Å². The van der Waals surface area contributed by atoms with Crippen molar-refractivity contribution < 1.29 is 9.53 Å². The Hall–Kier alpha value is -1.26. The summed E-state index contributed by atoms with van der Waals surface area (Å²) in [5.41, 5.74) is 7.10. The SMILES string of the molecule is Cc1ccccc1OC(C)CNC(=O)C[C@@H]1CCC[C@H]1N.Cl. The van der Waals surface area contributed by atoms with Crippen LogP contribution >= 0.6 is 12.4 Å². The molecular weight excluding hydrogens is 300 g/mol. The number of rotatable bonds is 6. The quantitative estimate of drug-likeness (QED) is 0.845. The zero-order chi connectivity index (χ0) is 15.2. The summed E-state index contributed by atoms with van der Waals surface area (Å²) in [5, 5.41) is 2.95. The number of nitrogens with one attached hydrogen (secondary N) is 1. The van der Waals surface area contributed by atoms with Crippen molar-refractivity contribution in [3.63, 3.8) is 0 Å². The van der Waals surface area contributed by atoms with Crippen LogP contribution in [0, 0.1) is 12.8 Å². The van der Waals surface area contributed by atoms with Gasteiger partial charge in [0, 0.05) is 12.5 Å². The van der Waals surface area contributed by atoms with E-state index in [4.69, 9.17) is 10.5 Å². The van der Waals surface area contributed by atoms with Crippen LogP contribution in [-0.4, -0.2) is 24.6 Å². The van der Waals surface area contributed by atoms with Crippen LogP contribution in [0.2, 0.25) is 0 Å². The van der Waals surface area contributed by atoms with Gasteiger partial charge in [-0.15, -0.1) is 12.4 Å². The Morgan fingerprint density at radius 1 is 1.41 bits per heavy atom. The van der Waals surface area contributed by atoms with Gasteiger partial charge in [-0.3, -0.25) is 4.79 Å². The highest BCUT2D eigenvalue weighted by atomic mass is 35.5. The zero-order valence-electron chi connectivity index (χ0n) is 13.4. The lowest BCUT2D eigenvalue weighted by Gasteiger charge is -2.18. The molecule has 0 aromatic heterocycles. The van der Waals surface area contributed by atoms with Crippen molar-refractivity contribution in [1.29, 1.82) is 0 Å². The van der Waals surface area contributed by atoms with Crippen LogP contribution in [0.3, 0.4) is 0 Å². The highest BCUT2D eigenvalue weighted by molar-refractivity contribution is 5.85. The molecule has 0 radical (unpaired) electrons. The predicted octanol–water partition coefficient (Wildman–Crippen LogP) is 2.82. The zero-order valence-corrected chi connectivity index (χ0v) is 14.2. The number of nitrogens with two attached hydrogens (primary N) is 1. The lowest BCUT2D eigenvalue weighted by Crippen LogP contribution is -2.36. The normalized spacial score (nSPS) is 21.8. The molecule has 1 amide bonds. The standard InChI is InChI=1S/C17H26N2O2.ClH/c1-12-6-3-4-9-16(12)21-13(2)11-19-17(20)10-14-7-5-8-15(14)18;/h3-4,6,9,13-15H,5,7-8,10-11,18H2,1-2H3,(H,19,20);1H/t13?,14-,15+;/m0./s1. The average molecular weight is 327 g/mol. The number of hydrogen-bond donors (Lipinski definition) is 2. The van der Waals surface area contributed by atoms with Crippen molar-refractivity contribution in [1.82, 2.24) is 5.32 Å². The van der Waals surface area contributed by atoms with Gasteiger partial charge in [0.15, 0.2) is 0 Å². The summed E-state index contributed by atoms with van der Waals surface area (Å²) in [7, 11) is 0. The second-order valence-electron chi connectivity index (χ2n) is 6.06. The molecule has 1 aromatic carbocycles. The van der Waals surface area contributed by atoms with Crippen LogP contribution < -0.4 is 15.8 Å². The molecule has 1 aliphatic carbocycles. The van der Waals surface area contributed by atoms with E-state index in [2.05, 4.69) is 5.32 Å². The van der Waals surface area contributed by atoms with Gasteiger partial charge in [0.2, 0.25) is 5.91 Å². The molecular formula is C17H27ClN2O2. The molecule has 3 atom stereocenters. The highest BCUT2D eigenvalue weighted by Gasteiger charge is 2.26. The first-order valence-corrected chi connectivity index (χ1v) is 7.81. The van der Waals surface area contributed by atoms with E-state index in [0.29, 0.717) is 18.9 Å². The Morgan fingerprint density at radius 2 is 2.14 bits per heavy atom. The average Bonchev–Trinajstić information content (AvgIpc) is 2.85. The number of carbonyl (C=O) groups is 1. The van der Waals surface area contributed by atoms with Gasteiger partial charge in [0.1, 0.15) is 11.9 Å². The van der Waals surface area contributed by atoms with Gasteiger partial charge in [0.05, 0.1) is 6.54 Å². The van der Waals surface area contributed by atoms with E-state index < -0.39 is 0 Å². The maximum Gasteiger partial charge on any atom is 0.220 e. The molecule has 1 unspecified atom stereocenters. The summed E-state index contributed by atoms with van der Waals surface area (Å²) in [6, 6.07) is 8.10. The number of halogens is 1. The van der Waals surface area contributed by atoms with Crippen LogP contribution in [0.5, 0.6) is 5.75 Å². The highest BCUT2D eigenvalue weighted by Crippen LogP contribution is 2.26. The van der Waals surface area contributed by atoms with Crippen LogP contribution in [0.1, 0.15) is 38.2 Å². The van der Waals surface area contributed by atoms with Gasteiger partial charge in [-0.25, -0.2) is 0 Å². The van der Waals surface area contributed by atoms with E-state index >= 15 is 0 Å². The number of amides is 1. The minimum Gasteiger partial charge on any atom is -0.489 e.